The number of rotatable bonds is 3. The molecule has 4 atom stereocenters. The van der Waals surface area contributed by atoms with Crippen molar-refractivity contribution in [3.05, 3.63) is 51.2 Å². The van der Waals surface area contributed by atoms with Crippen LogP contribution in [0.2, 0.25) is 0 Å². The van der Waals surface area contributed by atoms with Crippen LogP contribution < -0.4 is 4.74 Å². The highest BCUT2D eigenvalue weighted by Gasteiger charge is 2.73. The van der Waals surface area contributed by atoms with Crippen LogP contribution in [0.15, 0.2) is 30.3 Å². The molecule has 4 heteroatoms. The quantitative estimate of drug-likeness (QED) is 0.671. The summed E-state index contributed by atoms with van der Waals surface area (Å²) in [6, 6.07) is 10.1. The summed E-state index contributed by atoms with van der Waals surface area (Å²) in [4.78, 5) is 12.5. The Hall–Kier alpha value is -2.07. The van der Waals surface area contributed by atoms with E-state index in [-0.39, 0.29) is 16.4 Å². The molecule has 2 heterocycles. The zero-order valence-corrected chi connectivity index (χ0v) is 17.7. The Morgan fingerprint density at radius 3 is 2.75 bits per heavy atom. The van der Waals surface area contributed by atoms with E-state index in [0.29, 0.717) is 10.8 Å². The third-order valence-corrected chi connectivity index (χ3v) is 9.23. The maximum Gasteiger partial charge on any atom is 0.345 e. The number of hydrogen-bond donors (Lipinski definition) is 1. The second-order valence-electron chi connectivity index (χ2n) is 9.38. The molecule has 2 bridgehead atoms. The lowest BCUT2D eigenvalue weighted by molar-refractivity contribution is -0.0260. The van der Waals surface area contributed by atoms with Gasteiger partial charge in [0.15, 0.2) is 0 Å². The highest BCUT2D eigenvalue weighted by atomic mass is 32.1. The van der Waals surface area contributed by atoms with Crippen molar-refractivity contribution < 1.29 is 14.6 Å². The van der Waals surface area contributed by atoms with Gasteiger partial charge >= 0.3 is 5.97 Å². The van der Waals surface area contributed by atoms with E-state index in [2.05, 4.69) is 52.0 Å². The number of fused-ring (bicyclic) bond motifs is 7. The van der Waals surface area contributed by atoms with Crippen LogP contribution in [-0.2, 0) is 5.41 Å². The summed E-state index contributed by atoms with van der Waals surface area (Å²) < 4.78 is 6.62. The van der Waals surface area contributed by atoms with E-state index in [0.717, 1.165) is 16.2 Å². The predicted molar refractivity (Wildman–Crippen MR) is 113 cm³/mol. The van der Waals surface area contributed by atoms with Crippen LogP contribution in [0.3, 0.4) is 0 Å². The molecule has 2 aromatic rings. The van der Waals surface area contributed by atoms with E-state index in [4.69, 9.17) is 9.84 Å². The smallest absolute Gasteiger partial charge is 0.345 e. The molecule has 1 aromatic heterocycles. The van der Waals surface area contributed by atoms with E-state index in [1.165, 1.54) is 41.7 Å². The van der Waals surface area contributed by atoms with Gasteiger partial charge in [-0.05, 0) is 85.9 Å². The van der Waals surface area contributed by atoms with Crippen LogP contribution in [0.5, 0.6) is 5.75 Å². The van der Waals surface area contributed by atoms with Crippen LogP contribution in [0.25, 0.3) is 11.6 Å². The number of benzene rings is 1. The van der Waals surface area contributed by atoms with Crippen LogP contribution >= 0.6 is 11.3 Å². The summed E-state index contributed by atoms with van der Waals surface area (Å²) in [5, 5.41) is 9.15. The number of allylic oxidation sites excluding steroid dienone is 1. The Labute approximate surface area is 170 Å². The van der Waals surface area contributed by atoms with Crippen LogP contribution in [0.1, 0.15) is 72.6 Å². The molecule has 0 spiro atoms. The minimum absolute atomic E-state index is 0.0357. The van der Waals surface area contributed by atoms with Gasteiger partial charge in [-0.2, -0.15) is 0 Å². The van der Waals surface area contributed by atoms with Crippen LogP contribution in [0, 0.1) is 11.3 Å². The second-order valence-corrected chi connectivity index (χ2v) is 10.5. The molecule has 146 valence electrons. The van der Waals surface area contributed by atoms with Gasteiger partial charge in [-0.15, -0.1) is 11.3 Å². The van der Waals surface area contributed by atoms with Crippen molar-refractivity contribution in [2.75, 3.05) is 0 Å². The lowest BCUT2D eigenvalue weighted by Crippen LogP contribution is -2.54. The van der Waals surface area contributed by atoms with Crippen molar-refractivity contribution in [2.24, 2.45) is 11.3 Å². The largest absolute Gasteiger partial charge is 0.486 e. The average Bonchev–Trinajstić information content (AvgIpc) is 3.35. The van der Waals surface area contributed by atoms with Gasteiger partial charge in [0.1, 0.15) is 16.2 Å². The fourth-order valence-electron chi connectivity index (χ4n) is 6.28. The molecule has 28 heavy (non-hydrogen) atoms. The van der Waals surface area contributed by atoms with Crippen molar-refractivity contribution in [1.29, 1.82) is 0 Å². The zero-order valence-electron chi connectivity index (χ0n) is 16.8. The van der Waals surface area contributed by atoms with Gasteiger partial charge < -0.3 is 9.84 Å². The number of ether oxygens (including phenoxy) is 1. The average molecular weight is 395 g/mol. The monoisotopic (exact) mass is 394 g/mol. The normalized spacial score (nSPS) is 35.6. The van der Waals surface area contributed by atoms with E-state index in [1.54, 1.807) is 6.07 Å². The third-order valence-electron chi connectivity index (χ3n) is 8.21. The Balaban J connectivity index is 1.56. The first kappa shape index (κ1) is 18.0. The number of thiophene rings is 1. The van der Waals surface area contributed by atoms with Crippen LogP contribution in [-0.4, -0.2) is 16.7 Å². The van der Waals surface area contributed by atoms with Crippen molar-refractivity contribution >= 4 is 29.0 Å². The number of carbonyl (C=O) groups is 1. The maximum absolute atomic E-state index is 11.1. The fraction of sp³-hybridized carbons (Fsp3) is 0.458. The molecule has 0 radical (unpaired) electrons. The van der Waals surface area contributed by atoms with Gasteiger partial charge in [0.05, 0.1) is 0 Å². The SMILES string of the molecule is C/C(=C\c1ccc(C(=O)O)s1)c1ccc2c(c1)C1(C)C3(C)CCC(C3)C1(C)O2. The molecule has 4 unspecified atom stereocenters. The molecule has 1 aromatic carbocycles. The molecular weight excluding hydrogens is 368 g/mol. The summed E-state index contributed by atoms with van der Waals surface area (Å²) in [6.07, 6.45) is 5.88. The van der Waals surface area contributed by atoms with E-state index >= 15 is 0 Å². The second kappa shape index (κ2) is 5.50. The maximum atomic E-state index is 11.1. The lowest BCUT2D eigenvalue weighted by atomic mass is 9.56. The first-order valence-electron chi connectivity index (χ1n) is 10.0. The van der Waals surface area contributed by atoms with Crippen molar-refractivity contribution in [2.45, 2.75) is 58.0 Å². The summed E-state index contributed by atoms with van der Waals surface area (Å²) in [5.74, 6) is 0.813. The van der Waals surface area contributed by atoms with Gasteiger partial charge in [0.25, 0.3) is 0 Å². The minimum atomic E-state index is -0.867. The van der Waals surface area contributed by atoms with E-state index in [1.807, 2.05) is 6.07 Å². The van der Waals surface area contributed by atoms with Crippen LogP contribution in [0.4, 0.5) is 0 Å². The first-order chi connectivity index (χ1) is 13.2. The molecule has 2 fully saturated rings. The van der Waals surface area contributed by atoms with Crippen molar-refractivity contribution in [3.8, 4) is 5.75 Å². The van der Waals surface area contributed by atoms with Gasteiger partial charge in [-0.3, -0.25) is 0 Å². The lowest BCUT2D eigenvalue weighted by Gasteiger charge is -2.48. The predicted octanol–water partition coefficient (Wildman–Crippen LogP) is 6.24. The first-order valence-corrected chi connectivity index (χ1v) is 10.8. The molecule has 1 N–H and O–H groups in total. The molecular formula is C24H26O3S. The third kappa shape index (κ3) is 2.07. The fourth-order valence-corrected chi connectivity index (χ4v) is 7.13. The van der Waals surface area contributed by atoms with Crippen molar-refractivity contribution in [1.82, 2.24) is 0 Å². The molecule has 1 aliphatic heterocycles. The van der Waals surface area contributed by atoms with Gasteiger partial charge in [0, 0.05) is 15.9 Å². The molecule has 2 aliphatic carbocycles. The number of aromatic carboxylic acids is 1. The Morgan fingerprint density at radius 2 is 2.04 bits per heavy atom. The molecule has 0 saturated heterocycles. The van der Waals surface area contributed by atoms with Gasteiger partial charge in [-0.1, -0.05) is 19.9 Å². The number of carboxylic acids is 1. The Bertz CT molecular complexity index is 1030. The van der Waals surface area contributed by atoms with E-state index in [9.17, 15) is 4.79 Å². The minimum Gasteiger partial charge on any atom is -0.486 e. The van der Waals surface area contributed by atoms with Gasteiger partial charge in [0.2, 0.25) is 0 Å². The van der Waals surface area contributed by atoms with E-state index < -0.39 is 5.97 Å². The highest BCUT2D eigenvalue weighted by molar-refractivity contribution is 7.14. The summed E-state index contributed by atoms with van der Waals surface area (Å²) in [6.45, 7) is 9.29. The number of hydrogen-bond acceptors (Lipinski definition) is 3. The molecule has 0 amide bonds. The highest BCUT2D eigenvalue weighted by Crippen LogP contribution is 2.73. The standard InChI is InChI=1S/C24H26O3S/c1-14(11-17-6-8-20(28-17)21(25)26)15-5-7-19-18(12-15)23(3)22(2)10-9-16(13-22)24(23,4)27-19/h5-8,11-12,16H,9-10,13H2,1-4H3,(H,25,26)/b14-11+. The van der Waals surface area contributed by atoms with Crippen molar-refractivity contribution in [3.63, 3.8) is 0 Å². The molecule has 2 saturated carbocycles. The molecule has 5 rings (SSSR count). The molecule has 3 aliphatic rings. The molecule has 3 nitrogen and oxygen atoms in total. The Morgan fingerprint density at radius 1 is 1.25 bits per heavy atom. The summed E-state index contributed by atoms with van der Waals surface area (Å²) in [5.41, 5.74) is 3.90. The number of carboxylic acid groups (broad SMARTS) is 1. The zero-order chi connectivity index (χ0) is 19.9. The van der Waals surface area contributed by atoms with Gasteiger partial charge in [-0.25, -0.2) is 4.79 Å². The summed E-state index contributed by atoms with van der Waals surface area (Å²) in [7, 11) is 0. The topological polar surface area (TPSA) is 46.5 Å². The summed E-state index contributed by atoms with van der Waals surface area (Å²) >= 11 is 1.31. The Kier molecular flexibility index (Phi) is 3.54.